The molecule has 32 heavy (non-hydrogen) atoms. The van der Waals surface area contributed by atoms with Crippen LogP contribution in [0.1, 0.15) is 23.2 Å². The monoisotopic (exact) mass is 461 g/mol. The van der Waals surface area contributed by atoms with Crippen molar-refractivity contribution in [3.05, 3.63) is 54.1 Å². The fourth-order valence-corrected chi connectivity index (χ4v) is 4.55. The summed E-state index contributed by atoms with van der Waals surface area (Å²) in [5, 5.41) is 2.78. The predicted molar refractivity (Wildman–Crippen MR) is 119 cm³/mol. The maximum Gasteiger partial charge on any atom is 0.261 e. The highest BCUT2D eigenvalue weighted by atomic mass is 32.2. The number of hydrogen-bond acceptors (Lipinski definition) is 6. The normalized spacial score (nSPS) is 15.9. The summed E-state index contributed by atoms with van der Waals surface area (Å²) in [4.78, 5) is 27.0. The average Bonchev–Trinajstić information content (AvgIpc) is 3.29. The highest BCUT2D eigenvalue weighted by molar-refractivity contribution is 7.92. The SMILES string of the molecule is COCCNC(=O)[C@H]1CCCN1C(=O)c1ccc(NS(=O)(=O)c2ccc(OC)cc2)cc1. The van der Waals surface area contributed by atoms with E-state index in [2.05, 4.69) is 10.0 Å². The van der Waals surface area contributed by atoms with Crippen molar-refractivity contribution in [2.45, 2.75) is 23.8 Å². The summed E-state index contributed by atoms with van der Waals surface area (Å²) in [5.41, 5.74) is 0.710. The quantitative estimate of drug-likeness (QED) is 0.551. The first-order chi connectivity index (χ1) is 15.4. The van der Waals surface area contributed by atoms with Gasteiger partial charge in [0.05, 0.1) is 18.6 Å². The molecule has 1 heterocycles. The number of carbonyl (C=O) groups is 2. The Morgan fingerprint density at radius 2 is 1.75 bits per heavy atom. The molecule has 1 aliphatic rings. The molecule has 0 spiro atoms. The number of carbonyl (C=O) groups excluding carboxylic acids is 2. The van der Waals surface area contributed by atoms with Crippen molar-refractivity contribution >= 4 is 27.5 Å². The molecule has 0 bridgehead atoms. The second kappa shape index (κ2) is 10.5. The standard InChI is InChI=1S/C22H27N3O6S/c1-30-15-13-23-21(26)20-4-3-14-25(20)22(27)16-5-7-17(8-6-16)24-32(28,29)19-11-9-18(31-2)10-12-19/h5-12,20,24H,3-4,13-15H2,1-2H3,(H,23,26)/t20-/m1/s1. The van der Waals surface area contributed by atoms with E-state index in [-0.39, 0.29) is 16.7 Å². The summed E-state index contributed by atoms with van der Waals surface area (Å²) >= 11 is 0. The average molecular weight is 462 g/mol. The van der Waals surface area contributed by atoms with Crippen molar-refractivity contribution in [1.82, 2.24) is 10.2 Å². The molecule has 10 heteroatoms. The molecule has 0 radical (unpaired) electrons. The van der Waals surface area contributed by atoms with E-state index in [0.29, 0.717) is 43.1 Å². The van der Waals surface area contributed by atoms with Crippen molar-refractivity contribution in [2.24, 2.45) is 0 Å². The number of sulfonamides is 1. The molecule has 2 aromatic rings. The Bertz CT molecular complexity index is 1040. The number of hydrogen-bond donors (Lipinski definition) is 2. The van der Waals surface area contributed by atoms with Crippen LogP contribution in [-0.2, 0) is 19.6 Å². The Morgan fingerprint density at radius 1 is 1.06 bits per heavy atom. The van der Waals surface area contributed by atoms with Crippen LogP contribution in [0, 0.1) is 0 Å². The Kier molecular flexibility index (Phi) is 7.70. The molecule has 172 valence electrons. The van der Waals surface area contributed by atoms with Crippen LogP contribution in [0.5, 0.6) is 5.75 Å². The van der Waals surface area contributed by atoms with E-state index in [1.165, 1.54) is 31.4 Å². The van der Waals surface area contributed by atoms with Crippen LogP contribution >= 0.6 is 0 Å². The third kappa shape index (κ3) is 5.57. The molecule has 0 unspecified atom stereocenters. The molecule has 2 N–H and O–H groups in total. The number of ether oxygens (including phenoxy) is 2. The van der Waals surface area contributed by atoms with Gasteiger partial charge in [-0.15, -0.1) is 0 Å². The fraction of sp³-hybridized carbons (Fsp3) is 0.364. The number of nitrogens with one attached hydrogen (secondary N) is 2. The number of rotatable bonds is 9. The van der Waals surface area contributed by atoms with E-state index >= 15 is 0 Å². The molecular formula is C22H27N3O6S. The molecule has 2 aromatic carbocycles. The number of anilines is 1. The minimum absolute atomic E-state index is 0.0952. The Balaban J connectivity index is 1.66. The topological polar surface area (TPSA) is 114 Å². The number of amides is 2. The molecule has 0 saturated carbocycles. The van der Waals surface area contributed by atoms with Crippen molar-refractivity contribution in [3.8, 4) is 5.75 Å². The molecule has 9 nitrogen and oxygen atoms in total. The minimum Gasteiger partial charge on any atom is -0.497 e. The number of nitrogens with zero attached hydrogens (tertiary/aromatic N) is 1. The number of benzene rings is 2. The zero-order valence-corrected chi connectivity index (χ0v) is 18.9. The molecule has 0 aromatic heterocycles. The third-order valence-corrected chi connectivity index (χ3v) is 6.57. The van der Waals surface area contributed by atoms with Crippen LogP contribution in [0.3, 0.4) is 0 Å². The summed E-state index contributed by atoms with van der Waals surface area (Å²) < 4.78 is 37.6. The maximum atomic E-state index is 12.9. The molecule has 3 rings (SSSR count). The molecule has 1 aliphatic heterocycles. The maximum absolute atomic E-state index is 12.9. The van der Waals surface area contributed by atoms with E-state index in [9.17, 15) is 18.0 Å². The molecule has 1 saturated heterocycles. The van der Waals surface area contributed by atoms with Gasteiger partial charge in [0.25, 0.3) is 15.9 Å². The summed E-state index contributed by atoms with van der Waals surface area (Å²) in [6.07, 6.45) is 1.35. The molecule has 1 fully saturated rings. The van der Waals surface area contributed by atoms with E-state index in [0.717, 1.165) is 6.42 Å². The van der Waals surface area contributed by atoms with E-state index < -0.39 is 16.1 Å². The first-order valence-corrected chi connectivity index (χ1v) is 11.7. The van der Waals surface area contributed by atoms with Crippen molar-refractivity contribution in [3.63, 3.8) is 0 Å². The second-order valence-corrected chi connectivity index (χ2v) is 8.98. The lowest BCUT2D eigenvalue weighted by molar-refractivity contribution is -0.125. The smallest absolute Gasteiger partial charge is 0.261 e. The zero-order chi connectivity index (χ0) is 23.1. The summed E-state index contributed by atoms with van der Waals surface area (Å²) in [6, 6.07) is 11.7. The first-order valence-electron chi connectivity index (χ1n) is 10.2. The van der Waals surface area contributed by atoms with Crippen LogP contribution in [-0.4, -0.2) is 65.1 Å². The van der Waals surface area contributed by atoms with Crippen molar-refractivity contribution in [1.29, 1.82) is 0 Å². The Hall–Kier alpha value is -3.11. The summed E-state index contributed by atoms with van der Waals surface area (Å²) in [5.74, 6) is 0.0927. The van der Waals surface area contributed by atoms with Gasteiger partial charge in [-0.3, -0.25) is 14.3 Å². The number of likely N-dealkylation sites (tertiary alicyclic amines) is 1. The van der Waals surface area contributed by atoms with Gasteiger partial charge in [0.2, 0.25) is 5.91 Å². The van der Waals surface area contributed by atoms with Crippen LogP contribution in [0.4, 0.5) is 5.69 Å². The first kappa shape index (κ1) is 23.6. The van der Waals surface area contributed by atoms with E-state index in [4.69, 9.17) is 9.47 Å². The minimum atomic E-state index is -3.78. The van der Waals surface area contributed by atoms with Crippen LogP contribution < -0.4 is 14.8 Å². The van der Waals surface area contributed by atoms with Crippen molar-refractivity contribution < 1.29 is 27.5 Å². The van der Waals surface area contributed by atoms with Gasteiger partial charge in [0.1, 0.15) is 11.8 Å². The lowest BCUT2D eigenvalue weighted by atomic mass is 10.1. The molecule has 0 aliphatic carbocycles. The van der Waals surface area contributed by atoms with Gasteiger partial charge in [0, 0.05) is 31.5 Å². The van der Waals surface area contributed by atoms with Gasteiger partial charge >= 0.3 is 0 Å². The third-order valence-electron chi connectivity index (χ3n) is 5.18. The van der Waals surface area contributed by atoms with Gasteiger partial charge in [-0.05, 0) is 61.4 Å². The van der Waals surface area contributed by atoms with Crippen LogP contribution in [0.2, 0.25) is 0 Å². The van der Waals surface area contributed by atoms with Crippen LogP contribution in [0.25, 0.3) is 0 Å². The predicted octanol–water partition coefficient (Wildman–Crippen LogP) is 1.86. The summed E-state index contributed by atoms with van der Waals surface area (Å²) in [7, 11) is -0.726. The van der Waals surface area contributed by atoms with Gasteiger partial charge in [-0.25, -0.2) is 8.42 Å². The molecular weight excluding hydrogens is 434 g/mol. The molecule has 1 atom stereocenters. The zero-order valence-electron chi connectivity index (χ0n) is 18.0. The van der Waals surface area contributed by atoms with Gasteiger partial charge in [-0.1, -0.05) is 0 Å². The van der Waals surface area contributed by atoms with Crippen molar-refractivity contribution in [2.75, 3.05) is 38.6 Å². The molecule has 2 amide bonds. The van der Waals surface area contributed by atoms with E-state index in [1.807, 2.05) is 0 Å². The van der Waals surface area contributed by atoms with Gasteiger partial charge in [-0.2, -0.15) is 0 Å². The lowest BCUT2D eigenvalue weighted by Crippen LogP contribution is -2.46. The number of methoxy groups -OCH3 is 2. The Labute approximate surface area is 187 Å². The lowest BCUT2D eigenvalue weighted by Gasteiger charge is -2.24. The Morgan fingerprint density at radius 3 is 2.38 bits per heavy atom. The second-order valence-electron chi connectivity index (χ2n) is 7.30. The highest BCUT2D eigenvalue weighted by Crippen LogP contribution is 2.23. The van der Waals surface area contributed by atoms with Crippen LogP contribution in [0.15, 0.2) is 53.4 Å². The van der Waals surface area contributed by atoms with Gasteiger partial charge in [0.15, 0.2) is 0 Å². The fourth-order valence-electron chi connectivity index (χ4n) is 3.49. The largest absolute Gasteiger partial charge is 0.497 e. The highest BCUT2D eigenvalue weighted by Gasteiger charge is 2.34. The van der Waals surface area contributed by atoms with Gasteiger partial charge < -0.3 is 19.7 Å². The van der Waals surface area contributed by atoms with E-state index in [1.54, 1.807) is 36.3 Å². The summed E-state index contributed by atoms with van der Waals surface area (Å²) in [6.45, 7) is 1.28.